The highest BCUT2D eigenvalue weighted by Crippen LogP contribution is 2.38. The van der Waals surface area contributed by atoms with E-state index < -0.39 is 16.3 Å². The molecule has 1 amide bonds. The fourth-order valence-electron chi connectivity index (χ4n) is 4.34. The number of aliphatic hydroxyl groups excluding tert-OH is 1. The van der Waals surface area contributed by atoms with Crippen LogP contribution in [0.1, 0.15) is 19.3 Å². The molecule has 1 N–H and O–H groups in total. The molecule has 25 heavy (non-hydrogen) atoms. The van der Waals surface area contributed by atoms with Gasteiger partial charge in [-0.05, 0) is 25.2 Å². The number of aryl methyl sites for hydroxylation is 1. The van der Waals surface area contributed by atoms with E-state index in [9.17, 15) is 18.3 Å². The molecule has 1 aromatic heterocycles. The Balaban J connectivity index is 1.47. The smallest absolute Gasteiger partial charge is 0.304 e. The Morgan fingerprint density at radius 3 is 2.80 bits per heavy atom. The lowest BCUT2D eigenvalue weighted by molar-refractivity contribution is -0.134. The number of aliphatic hydroxyl groups is 1. The molecule has 2 aliphatic heterocycles. The first kappa shape index (κ1) is 16.8. The molecule has 2 saturated heterocycles. The maximum atomic E-state index is 12.7. The van der Waals surface area contributed by atoms with Gasteiger partial charge in [-0.1, -0.05) is 0 Å². The Bertz CT molecular complexity index is 779. The molecule has 10 heteroatoms. The maximum Gasteiger partial charge on any atom is 0.304 e. The number of carbonyl (C=O) groups is 1. The second kappa shape index (κ2) is 5.96. The van der Waals surface area contributed by atoms with Crippen LogP contribution >= 0.6 is 0 Å². The number of nitrogens with zero attached hydrogens (tertiary/aromatic N) is 5. The summed E-state index contributed by atoms with van der Waals surface area (Å²) < 4.78 is 29.5. The number of amides is 1. The minimum absolute atomic E-state index is 0.146. The quantitative estimate of drug-likeness (QED) is 0.749. The average Bonchev–Trinajstić information content (AvgIpc) is 3.28. The molecule has 0 unspecified atom stereocenters. The molecule has 3 heterocycles. The van der Waals surface area contributed by atoms with Crippen LogP contribution in [0.15, 0.2) is 12.4 Å². The lowest BCUT2D eigenvalue weighted by Crippen LogP contribution is -2.47. The number of carbonyl (C=O) groups excluding carboxylic acids is 1. The number of aromatic nitrogens is 2. The van der Waals surface area contributed by atoms with Gasteiger partial charge in [-0.2, -0.15) is 17.8 Å². The maximum absolute atomic E-state index is 12.7. The van der Waals surface area contributed by atoms with E-state index in [0.717, 1.165) is 19.3 Å². The van der Waals surface area contributed by atoms with E-state index in [1.807, 2.05) is 0 Å². The van der Waals surface area contributed by atoms with E-state index in [2.05, 4.69) is 5.10 Å². The van der Waals surface area contributed by atoms with Crippen molar-refractivity contribution in [2.75, 3.05) is 30.5 Å². The van der Waals surface area contributed by atoms with Crippen molar-refractivity contribution in [3.8, 4) is 0 Å². The highest BCUT2D eigenvalue weighted by Gasteiger charge is 2.46. The molecule has 1 saturated carbocycles. The van der Waals surface area contributed by atoms with Crippen LogP contribution in [0.3, 0.4) is 0 Å². The normalized spacial score (nSPS) is 31.7. The van der Waals surface area contributed by atoms with Gasteiger partial charge in [0.25, 0.3) is 0 Å². The van der Waals surface area contributed by atoms with Gasteiger partial charge in [0, 0.05) is 32.9 Å². The summed E-state index contributed by atoms with van der Waals surface area (Å²) in [5.74, 6) is 0.131. The number of fused-ring (bicyclic) bond motifs is 1. The molecule has 3 fully saturated rings. The highest BCUT2D eigenvalue weighted by atomic mass is 32.2. The standard InChI is InChI=1S/C15H23N5O4S/c1-17-9-12(8-16-17)20-7-6-18(25(20,23)24)10-14(22)19-5-4-11-2-3-13(21)15(11)19/h8-9,11,13,15,21H,2-7,10H2,1H3/t11-,13-,15+/m0/s1. The van der Waals surface area contributed by atoms with Gasteiger partial charge in [0.1, 0.15) is 0 Å². The van der Waals surface area contributed by atoms with Crippen LogP contribution in [0.25, 0.3) is 0 Å². The Hall–Kier alpha value is -1.65. The minimum atomic E-state index is -3.72. The minimum Gasteiger partial charge on any atom is -0.391 e. The monoisotopic (exact) mass is 369 g/mol. The van der Waals surface area contributed by atoms with Gasteiger partial charge in [0.05, 0.1) is 30.6 Å². The van der Waals surface area contributed by atoms with E-state index in [4.69, 9.17) is 0 Å². The van der Waals surface area contributed by atoms with Gasteiger partial charge in [-0.15, -0.1) is 0 Å². The van der Waals surface area contributed by atoms with Gasteiger partial charge in [-0.25, -0.2) is 0 Å². The van der Waals surface area contributed by atoms with Crippen LogP contribution in [0, 0.1) is 5.92 Å². The first-order valence-electron chi connectivity index (χ1n) is 8.62. The Kier molecular flexibility index (Phi) is 4.00. The number of hydrogen-bond acceptors (Lipinski definition) is 5. The molecule has 3 atom stereocenters. The van der Waals surface area contributed by atoms with Gasteiger partial charge in [0.15, 0.2) is 0 Å². The zero-order valence-electron chi connectivity index (χ0n) is 14.2. The van der Waals surface area contributed by atoms with Gasteiger partial charge in [-0.3, -0.25) is 13.8 Å². The molecule has 9 nitrogen and oxygen atoms in total. The lowest BCUT2D eigenvalue weighted by atomic mass is 10.0. The van der Waals surface area contributed by atoms with E-state index in [0.29, 0.717) is 24.7 Å². The zero-order chi connectivity index (χ0) is 17.8. The number of likely N-dealkylation sites (tertiary alicyclic amines) is 1. The van der Waals surface area contributed by atoms with Crippen LogP contribution in [-0.2, 0) is 22.1 Å². The van der Waals surface area contributed by atoms with Crippen LogP contribution in [0.2, 0.25) is 0 Å². The van der Waals surface area contributed by atoms with E-state index in [-0.39, 0.29) is 25.0 Å². The van der Waals surface area contributed by atoms with E-state index in [1.165, 1.54) is 14.8 Å². The van der Waals surface area contributed by atoms with E-state index >= 15 is 0 Å². The molecule has 1 aromatic rings. The zero-order valence-corrected chi connectivity index (χ0v) is 15.0. The van der Waals surface area contributed by atoms with Crippen molar-refractivity contribution in [1.82, 2.24) is 19.0 Å². The molecule has 138 valence electrons. The molecule has 0 bridgehead atoms. The molecule has 0 aromatic carbocycles. The number of rotatable bonds is 3. The highest BCUT2D eigenvalue weighted by molar-refractivity contribution is 7.90. The third-order valence-corrected chi connectivity index (χ3v) is 7.49. The van der Waals surface area contributed by atoms with Gasteiger partial charge >= 0.3 is 10.2 Å². The molecule has 0 spiro atoms. The fraction of sp³-hybridized carbons (Fsp3) is 0.733. The van der Waals surface area contributed by atoms with Gasteiger partial charge in [0.2, 0.25) is 5.91 Å². The van der Waals surface area contributed by atoms with Gasteiger partial charge < -0.3 is 10.0 Å². The largest absolute Gasteiger partial charge is 0.391 e. The Labute approximate surface area is 147 Å². The van der Waals surface area contributed by atoms with Crippen LogP contribution in [0.5, 0.6) is 0 Å². The van der Waals surface area contributed by atoms with E-state index in [1.54, 1.807) is 22.8 Å². The van der Waals surface area contributed by atoms with Crippen molar-refractivity contribution >= 4 is 21.8 Å². The summed E-state index contributed by atoms with van der Waals surface area (Å²) in [5, 5.41) is 14.1. The topological polar surface area (TPSA) is 99.0 Å². The SMILES string of the molecule is Cn1cc(N2CCN(CC(=O)N3CC[C@@H]4CC[C@H](O)[C@@H]43)S2(=O)=O)cn1. The van der Waals surface area contributed by atoms with Crippen molar-refractivity contribution in [2.24, 2.45) is 13.0 Å². The van der Waals surface area contributed by atoms with Crippen molar-refractivity contribution in [2.45, 2.75) is 31.4 Å². The van der Waals surface area contributed by atoms with Crippen molar-refractivity contribution in [3.05, 3.63) is 12.4 Å². The molecule has 1 aliphatic carbocycles. The second-order valence-electron chi connectivity index (χ2n) is 7.06. The predicted octanol–water partition coefficient (Wildman–Crippen LogP) is -0.841. The van der Waals surface area contributed by atoms with Crippen LogP contribution < -0.4 is 4.31 Å². The summed E-state index contributed by atoms with van der Waals surface area (Å²) >= 11 is 0. The molecular weight excluding hydrogens is 346 g/mol. The Morgan fingerprint density at radius 1 is 1.28 bits per heavy atom. The second-order valence-corrected chi connectivity index (χ2v) is 8.91. The first-order valence-corrected chi connectivity index (χ1v) is 10.0. The molecule has 3 aliphatic rings. The van der Waals surface area contributed by atoms with Crippen molar-refractivity contribution < 1.29 is 18.3 Å². The van der Waals surface area contributed by atoms with Crippen molar-refractivity contribution in [3.63, 3.8) is 0 Å². The van der Waals surface area contributed by atoms with Crippen molar-refractivity contribution in [1.29, 1.82) is 0 Å². The first-order chi connectivity index (χ1) is 11.9. The molecule has 0 radical (unpaired) electrons. The molecular formula is C15H23N5O4S. The fourth-order valence-corrected chi connectivity index (χ4v) is 5.87. The summed E-state index contributed by atoms with van der Waals surface area (Å²) in [6.45, 7) is 1.00. The summed E-state index contributed by atoms with van der Waals surface area (Å²) in [6.07, 6.45) is 5.20. The predicted molar refractivity (Wildman–Crippen MR) is 89.9 cm³/mol. The third kappa shape index (κ3) is 2.72. The summed E-state index contributed by atoms with van der Waals surface area (Å²) in [5.41, 5.74) is 0.505. The number of anilines is 1. The number of hydrogen-bond donors (Lipinski definition) is 1. The summed E-state index contributed by atoms with van der Waals surface area (Å²) in [6, 6.07) is -0.146. The lowest BCUT2D eigenvalue weighted by Gasteiger charge is -2.28. The summed E-state index contributed by atoms with van der Waals surface area (Å²) in [7, 11) is -2.00. The van der Waals surface area contributed by atoms with Crippen LogP contribution in [-0.4, -0.2) is 76.7 Å². The molecule has 4 rings (SSSR count). The third-order valence-electron chi connectivity index (χ3n) is 5.58. The Morgan fingerprint density at radius 2 is 2.08 bits per heavy atom. The van der Waals surface area contributed by atoms with Crippen LogP contribution in [0.4, 0.5) is 5.69 Å². The average molecular weight is 369 g/mol. The summed E-state index contributed by atoms with van der Waals surface area (Å²) in [4.78, 5) is 14.4.